The molecule has 0 radical (unpaired) electrons. The SMILES string of the molecule is CCc1ccc(NS(=O)(=O)c2ccccc2OC(F)(F)F)cc1.Cl. The maximum Gasteiger partial charge on any atom is 0.573 e. The molecule has 4 nitrogen and oxygen atoms in total. The lowest BCUT2D eigenvalue weighted by Crippen LogP contribution is -2.20. The molecule has 0 aromatic heterocycles. The van der Waals surface area contributed by atoms with E-state index < -0.39 is 27.0 Å². The molecule has 0 saturated heterocycles. The molecule has 0 atom stereocenters. The summed E-state index contributed by atoms with van der Waals surface area (Å²) in [5, 5.41) is 0. The van der Waals surface area contributed by atoms with Crippen molar-refractivity contribution in [1.29, 1.82) is 0 Å². The van der Waals surface area contributed by atoms with Crippen molar-refractivity contribution in [3.8, 4) is 5.75 Å². The summed E-state index contributed by atoms with van der Waals surface area (Å²) in [4.78, 5) is -0.586. The second-order valence-electron chi connectivity index (χ2n) is 4.65. The predicted octanol–water partition coefficient (Wildman–Crippen LogP) is 4.37. The van der Waals surface area contributed by atoms with E-state index in [1.165, 1.54) is 12.1 Å². The van der Waals surface area contributed by atoms with Crippen LogP contribution < -0.4 is 9.46 Å². The minimum atomic E-state index is -4.98. The first kappa shape index (κ1) is 20.1. The normalized spacial score (nSPS) is 11.5. The lowest BCUT2D eigenvalue weighted by molar-refractivity contribution is -0.275. The van der Waals surface area contributed by atoms with Crippen LogP contribution >= 0.6 is 12.4 Å². The molecule has 0 aliphatic carbocycles. The van der Waals surface area contributed by atoms with Gasteiger partial charge in [-0.1, -0.05) is 31.2 Å². The summed E-state index contributed by atoms with van der Waals surface area (Å²) < 4.78 is 67.8. The van der Waals surface area contributed by atoms with E-state index in [2.05, 4.69) is 9.46 Å². The largest absolute Gasteiger partial charge is 0.573 e. The van der Waals surface area contributed by atoms with Crippen LogP contribution in [0, 0.1) is 0 Å². The van der Waals surface area contributed by atoms with Gasteiger partial charge in [-0.25, -0.2) is 8.42 Å². The van der Waals surface area contributed by atoms with Crippen LogP contribution in [0.3, 0.4) is 0 Å². The fourth-order valence-corrected chi connectivity index (χ4v) is 3.09. The van der Waals surface area contributed by atoms with Gasteiger partial charge in [0.05, 0.1) is 0 Å². The van der Waals surface area contributed by atoms with E-state index in [1.54, 1.807) is 24.3 Å². The smallest absolute Gasteiger partial charge is 0.404 e. The van der Waals surface area contributed by atoms with Crippen molar-refractivity contribution in [1.82, 2.24) is 0 Å². The quantitative estimate of drug-likeness (QED) is 0.836. The van der Waals surface area contributed by atoms with Gasteiger partial charge in [0, 0.05) is 5.69 Å². The molecule has 0 spiro atoms. The van der Waals surface area contributed by atoms with E-state index in [-0.39, 0.29) is 18.1 Å². The number of aryl methyl sites for hydroxylation is 1. The number of benzene rings is 2. The van der Waals surface area contributed by atoms with Crippen LogP contribution in [-0.2, 0) is 16.4 Å². The first-order valence-corrected chi connectivity index (χ1v) is 8.16. The van der Waals surface area contributed by atoms with Gasteiger partial charge < -0.3 is 4.74 Å². The number of anilines is 1. The summed E-state index contributed by atoms with van der Waals surface area (Å²) >= 11 is 0. The molecular weight excluding hydrogens is 367 g/mol. The first-order chi connectivity index (χ1) is 10.7. The number of hydrogen-bond acceptors (Lipinski definition) is 3. The molecule has 9 heteroatoms. The Labute approximate surface area is 144 Å². The molecule has 0 saturated carbocycles. The average Bonchev–Trinajstić information content (AvgIpc) is 2.46. The van der Waals surface area contributed by atoms with E-state index in [0.29, 0.717) is 0 Å². The molecule has 0 aliphatic heterocycles. The van der Waals surface area contributed by atoms with Crippen molar-refractivity contribution in [3.05, 3.63) is 54.1 Å². The number of ether oxygens (including phenoxy) is 1. The lowest BCUT2D eigenvalue weighted by Gasteiger charge is -2.14. The topological polar surface area (TPSA) is 55.4 Å². The molecule has 0 fully saturated rings. The van der Waals surface area contributed by atoms with E-state index in [9.17, 15) is 21.6 Å². The van der Waals surface area contributed by atoms with Crippen molar-refractivity contribution in [2.24, 2.45) is 0 Å². The predicted molar refractivity (Wildman–Crippen MR) is 87.0 cm³/mol. The van der Waals surface area contributed by atoms with Crippen molar-refractivity contribution >= 4 is 28.1 Å². The van der Waals surface area contributed by atoms with Gasteiger partial charge in [0.25, 0.3) is 10.0 Å². The van der Waals surface area contributed by atoms with Crippen molar-refractivity contribution in [2.45, 2.75) is 24.6 Å². The second-order valence-corrected chi connectivity index (χ2v) is 6.30. The molecule has 0 aliphatic rings. The fraction of sp³-hybridized carbons (Fsp3) is 0.200. The third kappa shape index (κ3) is 5.31. The molecule has 2 aromatic rings. The van der Waals surface area contributed by atoms with Gasteiger partial charge in [0.1, 0.15) is 10.6 Å². The highest BCUT2D eigenvalue weighted by molar-refractivity contribution is 7.92. The molecular formula is C15H15ClF3NO3S. The summed E-state index contributed by atoms with van der Waals surface area (Å²) in [6.45, 7) is 1.95. The van der Waals surface area contributed by atoms with Gasteiger partial charge in [0.2, 0.25) is 0 Å². The monoisotopic (exact) mass is 381 g/mol. The maximum atomic E-state index is 12.4. The Morgan fingerprint density at radius 1 is 1.04 bits per heavy atom. The maximum absolute atomic E-state index is 12.4. The summed E-state index contributed by atoms with van der Waals surface area (Å²) in [5.41, 5.74) is 1.26. The summed E-state index contributed by atoms with van der Waals surface area (Å²) in [6, 6.07) is 11.1. The molecule has 0 heterocycles. The summed E-state index contributed by atoms with van der Waals surface area (Å²) in [7, 11) is -4.21. The van der Waals surface area contributed by atoms with Crippen molar-refractivity contribution in [2.75, 3.05) is 4.72 Å². The Hall–Kier alpha value is -1.93. The van der Waals surface area contributed by atoms with Gasteiger partial charge in [-0.05, 0) is 36.2 Å². The Morgan fingerprint density at radius 3 is 2.17 bits per heavy atom. The van der Waals surface area contributed by atoms with Gasteiger partial charge in [0.15, 0.2) is 0 Å². The Morgan fingerprint density at radius 2 is 1.62 bits per heavy atom. The zero-order valence-electron chi connectivity index (χ0n) is 12.5. The second kappa shape index (κ2) is 7.76. The fourth-order valence-electron chi connectivity index (χ4n) is 1.90. The van der Waals surface area contributed by atoms with Crippen LogP contribution in [0.15, 0.2) is 53.4 Å². The minimum absolute atomic E-state index is 0. The molecule has 2 aromatic carbocycles. The average molecular weight is 382 g/mol. The number of rotatable bonds is 5. The van der Waals surface area contributed by atoms with Gasteiger partial charge in [-0.2, -0.15) is 0 Å². The molecule has 0 unspecified atom stereocenters. The molecule has 2 rings (SSSR count). The highest BCUT2D eigenvalue weighted by Gasteiger charge is 2.34. The third-order valence-electron chi connectivity index (χ3n) is 2.98. The van der Waals surface area contributed by atoms with Gasteiger partial charge in [-0.3, -0.25) is 4.72 Å². The number of halogens is 4. The number of hydrogen-bond donors (Lipinski definition) is 1. The Kier molecular flexibility index (Phi) is 6.50. The Balaban J connectivity index is 0.00000288. The van der Waals surface area contributed by atoms with E-state index in [4.69, 9.17) is 0 Å². The summed E-state index contributed by atoms with van der Waals surface area (Å²) in [5.74, 6) is -0.780. The van der Waals surface area contributed by atoms with E-state index in [0.717, 1.165) is 24.1 Å². The van der Waals surface area contributed by atoms with Crippen LogP contribution in [0.4, 0.5) is 18.9 Å². The van der Waals surface area contributed by atoms with Crippen LogP contribution in [0.1, 0.15) is 12.5 Å². The first-order valence-electron chi connectivity index (χ1n) is 6.68. The zero-order valence-corrected chi connectivity index (χ0v) is 14.1. The van der Waals surface area contributed by atoms with Crippen molar-refractivity contribution < 1.29 is 26.3 Å². The van der Waals surface area contributed by atoms with E-state index >= 15 is 0 Å². The number of sulfonamides is 1. The van der Waals surface area contributed by atoms with Gasteiger partial charge in [-0.15, -0.1) is 25.6 Å². The molecule has 132 valence electrons. The van der Waals surface area contributed by atoms with Crippen LogP contribution in [-0.4, -0.2) is 14.8 Å². The standard InChI is InChI=1S/C15H14F3NO3S.ClH/c1-2-11-7-9-12(10-8-11)19-23(20,21)14-6-4-3-5-13(14)22-15(16,17)18;/h3-10,19H,2H2,1H3;1H. The zero-order chi connectivity index (χ0) is 17.1. The minimum Gasteiger partial charge on any atom is -0.404 e. The molecule has 0 bridgehead atoms. The highest BCUT2D eigenvalue weighted by atomic mass is 35.5. The van der Waals surface area contributed by atoms with Crippen molar-refractivity contribution in [3.63, 3.8) is 0 Å². The molecule has 0 amide bonds. The molecule has 24 heavy (non-hydrogen) atoms. The Bertz CT molecular complexity index is 777. The highest BCUT2D eigenvalue weighted by Crippen LogP contribution is 2.30. The number of para-hydroxylation sites is 1. The summed E-state index contributed by atoms with van der Waals surface area (Å²) in [6.07, 6.45) is -4.19. The van der Waals surface area contributed by atoms with E-state index in [1.807, 2.05) is 6.92 Å². The van der Waals surface area contributed by atoms with Crippen LogP contribution in [0.2, 0.25) is 0 Å². The lowest BCUT2D eigenvalue weighted by atomic mass is 10.2. The van der Waals surface area contributed by atoms with Crippen LogP contribution in [0.25, 0.3) is 0 Å². The van der Waals surface area contributed by atoms with Crippen LogP contribution in [0.5, 0.6) is 5.75 Å². The number of nitrogens with one attached hydrogen (secondary N) is 1. The van der Waals surface area contributed by atoms with Gasteiger partial charge >= 0.3 is 6.36 Å². The third-order valence-corrected chi connectivity index (χ3v) is 4.40. The number of alkyl halides is 3. The molecule has 1 N–H and O–H groups in total.